The van der Waals surface area contributed by atoms with Gasteiger partial charge in [-0.2, -0.15) is 0 Å². The highest BCUT2D eigenvalue weighted by Gasteiger charge is 2.39. The van der Waals surface area contributed by atoms with Crippen LogP contribution in [0.1, 0.15) is 28.8 Å². The standard InChI is InChI=1S/C19H15IN2O3/c20-14-3-1-2-11(9-14)12-4-5-15-13(8-12)10-22(19(15)25)16-6-7-17(23)21-18(16)24/h1-5,8-9,16H,6-7,10H2,(H,21,23,24). The lowest BCUT2D eigenvalue weighted by Gasteiger charge is -2.29. The summed E-state index contributed by atoms with van der Waals surface area (Å²) in [6.45, 7) is 0.401. The number of hydrogen-bond donors (Lipinski definition) is 1. The molecule has 1 unspecified atom stereocenters. The summed E-state index contributed by atoms with van der Waals surface area (Å²) in [5.41, 5.74) is 3.71. The number of rotatable bonds is 2. The van der Waals surface area contributed by atoms with E-state index in [2.05, 4.69) is 34.0 Å². The van der Waals surface area contributed by atoms with Gasteiger partial charge in [0.1, 0.15) is 6.04 Å². The Morgan fingerprint density at radius 2 is 1.84 bits per heavy atom. The van der Waals surface area contributed by atoms with Crippen molar-refractivity contribution >= 4 is 40.3 Å². The smallest absolute Gasteiger partial charge is 0.255 e. The van der Waals surface area contributed by atoms with Crippen LogP contribution >= 0.6 is 22.6 Å². The lowest BCUT2D eigenvalue weighted by Crippen LogP contribution is -2.52. The highest BCUT2D eigenvalue weighted by atomic mass is 127. The van der Waals surface area contributed by atoms with Gasteiger partial charge in [-0.05, 0) is 70.0 Å². The normalized spacial score (nSPS) is 19.8. The summed E-state index contributed by atoms with van der Waals surface area (Å²) in [6.07, 6.45) is 0.651. The second-order valence-corrected chi connectivity index (χ2v) is 7.53. The fraction of sp³-hybridized carbons (Fsp3) is 0.211. The molecule has 3 amide bonds. The minimum atomic E-state index is -0.571. The van der Waals surface area contributed by atoms with Gasteiger partial charge in [0.25, 0.3) is 5.91 Å². The van der Waals surface area contributed by atoms with E-state index in [0.29, 0.717) is 18.5 Å². The van der Waals surface area contributed by atoms with E-state index in [0.717, 1.165) is 20.3 Å². The average Bonchev–Trinajstić information content (AvgIpc) is 2.91. The van der Waals surface area contributed by atoms with Crippen LogP contribution in [0.2, 0.25) is 0 Å². The van der Waals surface area contributed by atoms with Gasteiger partial charge in [0.15, 0.2) is 0 Å². The van der Waals surface area contributed by atoms with E-state index < -0.39 is 6.04 Å². The molecule has 1 saturated heterocycles. The number of hydrogen-bond acceptors (Lipinski definition) is 3. The van der Waals surface area contributed by atoms with Crippen LogP contribution in [0.5, 0.6) is 0 Å². The summed E-state index contributed by atoms with van der Waals surface area (Å²) in [4.78, 5) is 37.7. The molecule has 0 bridgehead atoms. The van der Waals surface area contributed by atoms with Crippen LogP contribution in [0.15, 0.2) is 42.5 Å². The Labute approximate surface area is 158 Å². The van der Waals surface area contributed by atoms with Gasteiger partial charge in [0.05, 0.1) is 0 Å². The Morgan fingerprint density at radius 1 is 1.04 bits per heavy atom. The Balaban J connectivity index is 1.63. The van der Waals surface area contributed by atoms with Gasteiger partial charge in [0, 0.05) is 22.1 Å². The van der Waals surface area contributed by atoms with Crippen LogP contribution in [0.25, 0.3) is 11.1 Å². The van der Waals surface area contributed by atoms with E-state index in [9.17, 15) is 14.4 Å². The largest absolute Gasteiger partial charge is 0.322 e. The fourth-order valence-corrected chi connectivity index (χ4v) is 3.97. The van der Waals surface area contributed by atoms with E-state index in [1.807, 2.05) is 36.4 Å². The lowest BCUT2D eigenvalue weighted by atomic mass is 10.0. The van der Waals surface area contributed by atoms with Crippen molar-refractivity contribution in [2.75, 3.05) is 0 Å². The number of amides is 3. The molecule has 2 aromatic carbocycles. The molecule has 2 aliphatic heterocycles. The number of halogens is 1. The zero-order valence-corrected chi connectivity index (χ0v) is 15.4. The van der Waals surface area contributed by atoms with E-state index in [1.165, 1.54) is 0 Å². The average molecular weight is 446 g/mol. The maximum absolute atomic E-state index is 12.7. The van der Waals surface area contributed by atoms with Gasteiger partial charge in [-0.15, -0.1) is 0 Å². The number of benzene rings is 2. The minimum Gasteiger partial charge on any atom is -0.322 e. The molecule has 4 rings (SSSR count). The monoisotopic (exact) mass is 446 g/mol. The topological polar surface area (TPSA) is 66.5 Å². The maximum atomic E-state index is 12.7. The molecule has 25 heavy (non-hydrogen) atoms. The van der Waals surface area contributed by atoms with Crippen LogP contribution in [0, 0.1) is 3.57 Å². The third-order valence-electron chi connectivity index (χ3n) is 4.68. The van der Waals surface area contributed by atoms with Crippen molar-refractivity contribution in [2.24, 2.45) is 0 Å². The van der Waals surface area contributed by atoms with Crippen LogP contribution < -0.4 is 5.32 Å². The molecule has 0 radical (unpaired) electrons. The SMILES string of the molecule is O=C1CCC(N2Cc3cc(-c4cccc(I)c4)ccc3C2=O)C(=O)N1. The Hall–Kier alpha value is -2.22. The highest BCUT2D eigenvalue weighted by molar-refractivity contribution is 14.1. The molecule has 1 fully saturated rings. The van der Waals surface area contributed by atoms with E-state index in [-0.39, 0.29) is 24.1 Å². The molecule has 2 aromatic rings. The Bertz CT molecular complexity index is 909. The molecule has 1 N–H and O–H groups in total. The molecule has 2 aliphatic rings. The van der Waals surface area contributed by atoms with Crippen molar-refractivity contribution in [3.8, 4) is 11.1 Å². The van der Waals surface area contributed by atoms with E-state index >= 15 is 0 Å². The molecule has 0 aromatic heterocycles. The van der Waals surface area contributed by atoms with Gasteiger partial charge in [0.2, 0.25) is 11.8 Å². The van der Waals surface area contributed by atoms with Crippen molar-refractivity contribution < 1.29 is 14.4 Å². The number of carbonyl (C=O) groups excluding carboxylic acids is 3. The van der Waals surface area contributed by atoms with Crippen LogP contribution in [-0.4, -0.2) is 28.7 Å². The maximum Gasteiger partial charge on any atom is 0.255 e. The first-order valence-corrected chi connectivity index (χ1v) is 9.14. The summed E-state index contributed by atoms with van der Waals surface area (Å²) in [5.74, 6) is -0.791. The number of carbonyl (C=O) groups is 3. The molecule has 0 aliphatic carbocycles. The number of nitrogens with one attached hydrogen (secondary N) is 1. The van der Waals surface area contributed by atoms with Crippen molar-refractivity contribution in [3.05, 3.63) is 57.2 Å². The van der Waals surface area contributed by atoms with Crippen molar-refractivity contribution in [2.45, 2.75) is 25.4 Å². The predicted octanol–water partition coefficient (Wildman–Crippen LogP) is 2.72. The lowest BCUT2D eigenvalue weighted by molar-refractivity contribution is -0.136. The zero-order valence-electron chi connectivity index (χ0n) is 13.3. The molecular formula is C19H15IN2O3. The first-order chi connectivity index (χ1) is 12.0. The number of piperidine rings is 1. The van der Waals surface area contributed by atoms with Crippen molar-refractivity contribution in [1.29, 1.82) is 0 Å². The second-order valence-electron chi connectivity index (χ2n) is 6.28. The molecule has 0 spiro atoms. The Morgan fingerprint density at radius 3 is 2.60 bits per heavy atom. The first kappa shape index (κ1) is 16.3. The van der Waals surface area contributed by atoms with Crippen molar-refractivity contribution in [1.82, 2.24) is 10.2 Å². The molecule has 1 atom stereocenters. The predicted molar refractivity (Wildman–Crippen MR) is 101 cm³/mol. The van der Waals surface area contributed by atoms with Gasteiger partial charge in [-0.25, -0.2) is 0 Å². The first-order valence-electron chi connectivity index (χ1n) is 8.06. The molecular weight excluding hydrogens is 431 g/mol. The molecule has 2 heterocycles. The van der Waals surface area contributed by atoms with Gasteiger partial charge < -0.3 is 4.90 Å². The number of nitrogens with zero attached hydrogens (tertiary/aromatic N) is 1. The quantitative estimate of drug-likeness (QED) is 0.570. The van der Waals surface area contributed by atoms with E-state index in [4.69, 9.17) is 0 Å². The van der Waals surface area contributed by atoms with E-state index in [1.54, 1.807) is 4.90 Å². The second kappa shape index (κ2) is 6.25. The van der Waals surface area contributed by atoms with Gasteiger partial charge >= 0.3 is 0 Å². The number of fused-ring (bicyclic) bond motifs is 1. The van der Waals surface area contributed by atoms with Gasteiger partial charge in [-0.3, -0.25) is 19.7 Å². The summed E-state index contributed by atoms with van der Waals surface area (Å²) < 4.78 is 1.15. The summed E-state index contributed by atoms with van der Waals surface area (Å²) in [5, 5.41) is 2.32. The third-order valence-corrected chi connectivity index (χ3v) is 5.35. The highest BCUT2D eigenvalue weighted by Crippen LogP contribution is 2.31. The molecule has 6 heteroatoms. The van der Waals surface area contributed by atoms with Gasteiger partial charge in [-0.1, -0.05) is 18.2 Å². The summed E-state index contributed by atoms with van der Waals surface area (Å²) >= 11 is 2.27. The number of imide groups is 1. The van der Waals surface area contributed by atoms with Crippen LogP contribution in [-0.2, 0) is 16.1 Å². The minimum absolute atomic E-state index is 0.140. The summed E-state index contributed by atoms with van der Waals surface area (Å²) in [6, 6.07) is 13.4. The molecule has 126 valence electrons. The third kappa shape index (κ3) is 2.95. The summed E-state index contributed by atoms with van der Waals surface area (Å²) in [7, 11) is 0. The fourth-order valence-electron chi connectivity index (χ4n) is 3.42. The van der Waals surface area contributed by atoms with Crippen molar-refractivity contribution in [3.63, 3.8) is 0 Å². The molecule has 0 saturated carbocycles. The zero-order chi connectivity index (χ0) is 17.6. The molecule has 5 nitrogen and oxygen atoms in total. The van der Waals surface area contributed by atoms with Crippen LogP contribution in [0.4, 0.5) is 0 Å². The Kier molecular flexibility index (Phi) is 4.07. The van der Waals surface area contributed by atoms with Crippen LogP contribution in [0.3, 0.4) is 0 Å².